The molecule has 0 amide bonds. The maximum atomic E-state index is 13.7. The lowest BCUT2D eigenvalue weighted by atomic mass is 10.0. The van der Waals surface area contributed by atoms with E-state index in [1.807, 2.05) is 28.7 Å². The van der Waals surface area contributed by atoms with E-state index >= 15 is 0 Å². The molecule has 1 unspecified atom stereocenters. The highest BCUT2D eigenvalue weighted by molar-refractivity contribution is 14.1. The molecule has 0 saturated heterocycles. The number of benzene rings is 2. The third-order valence-electron chi connectivity index (χ3n) is 2.47. The molecule has 0 bridgehead atoms. The van der Waals surface area contributed by atoms with Gasteiger partial charge in [0.2, 0.25) is 0 Å². The molecule has 4 heteroatoms. The monoisotopic (exact) mass is 362 g/mol. The minimum Gasteiger partial charge on any atom is -0.383 e. The molecule has 1 N–H and O–H groups in total. The van der Waals surface area contributed by atoms with Crippen molar-refractivity contribution >= 4 is 34.2 Å². The predicted molar refractivity (Wildman–Crippen MR) is 74.6 cm³/mol. The van der Waals surface area contributed by atoms with Gasteiger partial charge in [0, 0.05) is 9.13 Å². The zero-order chi connectivity index (χ0) is 12.4. The summed E-state index contributed by atoms with van der Waals surface area (Å²) in [6.07, 6.45) is -1.04. The van der Waals surface area contributed by atoms with Gasteiger partial charge in [0.25, 0.3) is 0 Å². The fourth-order valence-corrected chi connectivity index (χ4v) is 2.32. The topological polar surface area (TPSA) is 20.2 Å². The van der Waals surface area contributed by atoms with Crippen LogP contribution < -0.4 is 0 Å². The number of hydrogen-bond acceptors (Lipinski definition) is 1. The zero-order valence-corrected chi connectivity index (χ0v) is 11.6. The minimum absolute atomic E-state index is 0.129. The van der Waals surface area contributed by atoms with Crippen LogP contribution in [-0.2, 0) is 0 Å². The van der Waals surface area contributed by atoms with Crippen LogP contribution in [0.5, 0.6) is 0 Å². The highest BCUT2D eigenvalue weighted by atomic mass is 127. The van der Waals surface area contributed by atoms with Crippen LogP contribution in [0.2, 0.25) is 5.02 Å². The fraction of sp³-hybridized carbons (Fsp3) is 0.0769. The van der Waals surface area contributed by atoms with Crippen molar-refractivity contribution in [2.75, 3.05) is 0 Å². The Kier molecular flexibility index (Phi) is 4.01. The van der Waals surface area contributed by atoms with Crippen molar-refractivity contribution in [2.24, 2.45) is 0 Å². The van der Waals surface area contributed by atoms with Crippen LogP contribution in [0.4, 0.5) is 4.39 Å². The van der Waals surface area contributed by atoms with E-state index in [4.69, 9.17) is 11.6 Å². The normalized spacial score (nSPS) is 12.5. The van der Waals surface area contributed by atoms with Crippen molar-refractivity contribution in [2.45, 2.75) is 6.10 Å². The Bertz CT molecular complexity index is 530. The molecule has 1 atom stereocenters. The molecule has 0 heterocycles. The summed E-state index contributed by atoms with van der Waals surface area (Å²) in [6.45, 7) is 0. The molecule has 17 heavy (non-hydrogen) atoms. The lowest BCUT2D eigenvalue weighted by molar-refractivity contribution is 0.215. The molecule has 2 aromatic rings. The maximum Gasteiger partial charge on any atom is 0.130 e. The largest absolute Gasteiger partial charge is 0.383 e. The van der Waals surface area contributed by atoms with E-state index in [1.54, 1.807) is 30.3 Å². The van der Waals surface area contributed by atoms with Crippen LogP contribution in [0.3, 0.4) is 0 Å². The first-order valence-electron chi connectivity index (χ1n) is 4.97. The molecule has 0 radical (unpaired) electrons. The zero-order valence-electron chi connectivity index (χ0n) is 8.70. The average Bonchev–Trinajstić information content (AvgIpc) is 2.35. The Hall–Kier alpha value is -0.650. The quantitative estimate of drug-likeness (QED) is 0.628. The van der Waals surface area contributed by atoms with Gasteiger partial charge in [-0.1, -0.05) is 41.9 Å². The third kappa shape index (κ3) is 2.61. The maximum absolute atomic E-state index is 13.7. The van der Waals surface area contributed by atoms with E-state index in [2.05, 4.69) is 0 Å². The standard InChI is InChI=1S/C13H9ClFIO/c14-12-10(16)7-6-9(15)11(12)13(17)8-4-2-1-3-5-8/h1-7,13,17H. The highest BCUT2D eigenvalue weighted by Gasteiger charge is 2.19. The highest BCUT2D eigenvalue weighted by Crippen LogP contribution is 2.33. The van der Waals surface area contributed by atoms with E-state index in [0.717, 1.165) is 3.57 Å². The molecule has 0 fully saturated rings. The Balaban J connectivity index is 2.51. The summed E-state index contributed by atoms with van der Waals surface area (Å²) in [5.41, 5.74) is 0.750. The summed E-state index contributed by atoms with van der Waals surface area (Å²) < 4.78 is 14.4. The van der Waals surface area contributed by atoms with Crippen LogP contribution >= 0.6 is 34.2 Å². The lowest BCUT2D eigenvalue weighted by Gasteiger charge is -2.14. The minimum atomic E-state index is -1.04. The van der Waals surface area contributed by atoms with E-state index in [-0.39, 0.29) is 10.6 Å². The first-order valence-corrected chi connectivity index (χ1v) is 6.43. The first-order chi connectivity index (χ1) is 8.11. The van der Waals surface area contributed by atoms with Crippen molar-refractivity contribution in [3.63, 3.8) is 0 Å². The molecule has 0 spiro atoms. The molecule has 0 aliphatic rings. The molecule has 1 nitrogen and oxygen atoms in total. The third-order valence-corrected chi connectivity index (χ3v) is 4.09. The summed E-state index contributed by atoms with van der Waals surface area (Å²) >= 11 is 8.05. The van der Waals surface area contributed by atoms with Gasteiger partial charge in [0.05, 0.1) is 5.02 Å². The van der Waals surface area contributed by atoms with Crippen molar-refractivity contribution in [1.82, 2.24) is 0 Å². The SMILES string of the molecule is OC(c1ccccc1)c1c(F)ccc(I)c1Cl. The molecule has 2 aromatic carbocycles. The summed E-state index contributed by atoms with van der Waals surface area (Å²) in [7, 11) is 0. The summed E-state index contributed by atoms with van der Waals surface area (Å²) in [4.78, 5) is 0. The number of halogens is 3. The Morgan fingerprint density at radius 3 is 2.41 bits per heavy atom. The van der Waals surface area contributed by atoms with Gasteiger partial charge in [-0.2, -0.15) is 0 Å². The second-order valence-electron chi connectivity index (χ2n) is 3.57. The van der Waals surface area contributed by atoms with Crippen molar-refractivity contribution in [3.05, 3.63) is 68.0 Å². The molecule has 0 saturated carbocycles. The van der Waals surface area contributed by atoms with Crippen LogP contribution in [0.25, 0.3) is 0 Å². The van der Waals surface area contributed by atoms with Gasteiger partial charge in [0.1, 0.15) is 11.9 Å². The molecule has 2 rings (SSSR count). The van der Waals surface area contributed by atoms with E-state index < -0.39 is 11.9 Å². The van der Waals surface area contributed by atoms with Crippen molar-refractivity contribution < 1.29 is 9.50 Å². The smallest absolute Gasteiger partial charge is 0.130 e. The summed E-state index contributed by atoms with van der Waals surface area (Å²) in [5, 5.41) is 10.4. The van der Waals surface area contributed by atoms with E-state index in [0.29, 0.717) is 5.56 Å². The molecular weight excluding hydrogens is 353 g/mol. The van der Waals surface area contributed by atoms with Gasteiger partial charge < -0.3 is 5.11 Å². The second-order valence-corrected chi connectivity index (χ2v) is 5.11. The predicted octanol–water partition coefficient (Wildman–Crippen LogP) is 4.17. The number of aliphatic hydroxyl groups is 1. The molecule has 0 aliphatic heterocycles. The van der Waals surface area contributed by atoms with E-state index in [1.165, 1.54) is 6.07 Å². The molecule has 0 aliphatic carbocycles. The van der Waals surface area contributed by atoms with E-state index in [9.17, 15) is 9.50 Å². The van der Waals surface area contributed by atoms with Crippen LogP contribution in [0.15, 0.2) is 42.5 Å². The van der Waals surface area contributed by atoms with Gasteiger partial charge in [-0.05, 0) is 40.3 Å². The van der Waals surface area contributed by atoms with Crippen molar-refractivity contribution in [3.8, 4) is 0 Å². The molecule has 88 valence electrons. The van der Waals surface area contributed by atoms with Gasteiger partial charge >= 0.3 is 0 Å². The second kappa shape index (κ2) is 5.33. The Morgan fingerprint density at radius 2 is 1.76 bits per heavy atom. The molecular formula is C13H9ClFIO. The van der Waals surface area contributed by atoms with Gasteiger partial charge in [0.15, 0.2) is 0 Å². The van der Waals surface area contributed by atoms with Crippen LogP contribution in [0, 0.1) is 9.39 Å². The van der Waals surface area contributed by atoms with Gasteiger partial charge in [-0.3, -0.25) is 0 Å². The fourth-order valence-electron chi connectivity index (χ4n) is 1.60. The summed E-state index contributed by atoms with van der Waals surface area (Å²) in [5.74, 6) is -0.494. The van der Waals surface area contributed by atoms with Crippen LogP contribution in [-0.4, -0.2) is 5.11 Å². The first kappa shape index (κ1) is 12.8. The Labute approximate surface area is 117 Å². The Morgan fingerprint density at radius 1 is 1.12 bits per heavy atom. The number of rotatable bonds is 2. The van der Waals surface area contributed by atoms with Gasteiger partial charge in [-0.25, -0.2) is 4.39 Å². The van der Waals surface area contributed by atoms with Gasteiger partial charge in [-0.15, -0.1) is 0 Å². The lowest BCUT2D eigenvalue weighted by Crippen LogP contribution is -2.04. The average molecular weight is 363 g/mol. The number of hydrogen-bond donors (Lipinski definition) is 1. The number of aliphatic hydroxyl groups excluding tert-OH is 1. The molecule has 0 aromatic heterocycles. The van der Waals surface area contributed by atoms with Crippen LogP contribution in [0.1, 0.15) is 17.2 Å². The summed E-state index contributed by atoms with van der Waals surface area (Å²) in [6, 6.07) is 11.8. The van der Waals surface area contributed by atoms with Crippen molar-refractivity contribution in [1.29, 1.82) is 0 Å².